The number of likely N-dealkylation sites (N-methyl/N-ethyl adjacent to an activating group) is 1. The van der Waals surface area contributed by atoms with Crippen LogP contribution in [0.5, 0.6) is 0 Å². The zero-order chi connectivity index (χ0) is 12.0. The highest BCUT2D eigenvalue weighted by atomic mass is 35.5. The maximum Gasteiger partial charge on any atom is 0.224 e. The molecule has 0 radical (unpaired) electrons. The van der Waals surface area contributed by atoms with Crippen LogP contribution in [0.4, 0.5) is 0 Å². The first-order chi connectivity index (χ1) is 7.63. The average Bonchev–Trinajstić information content (AvgIpc) is 2.29. The maximum absolute atomic E-state index is 11.6. The number of hydrogen-bond donors (Lipinski definition) is 2. The van der Waals surface area contributed by atoms with Gasteiger partial charge in [-0.05, 0) is 25.6 Å². The van der Waals surface area contributed by atoms with Gasteiger partial charge in [0.25, 0.3) is 0 Å². The third-order valence-corrected chi connectivity index (χ3v) is 2.78. The Morgan fingerprint density at radius 2 is 2.06 bits per heavy atom. The molecule has 0 spiro atoms. The zero-order valence-corrected chi connectivity index (χ0v) is 11.6. The van der Waals surface area contributed by atoms with Crippen molar-refractivity contribution in [3.63, 3.8) is 0 Å². The molecule has 2 N–H and O–H groups in total. The first-order valence-corrected chi connectivity index (χ1v) is 5.68. The van der Waals surface area contributed by atoms with Crippen molar-refractivity contribution in [2.24, 2.45) is 0 Å². The first-order valence-electron chi connectivity index (χ1n) is 5.31. The third-order valence-electron chi connectivity index (χ3n) is 2.41. The van der Waals surface area contributed by atoms with Crippen LogP contribution in [0.2, 0.25) is 5.02 Å². The van der Waals surface area contributed by atoms with Crippen LogP contribution in [0.1, 0.15) is 12.5 Å². The predicted octanol–water partition coefficient (Wildman–Crippen LogP) is 2.03. The molecule has 0 aliphatic carbocycles. The van der Waals surface area contributed by atoms with Crippen LogP contribution in [-0.4, -0.2) is 25.5 Å². The van der Waals surface area contributed by atoms with Gasteiger partial charge in [0.1, 0.15) is 0 Å². The number of carbonyl (C=O) groups is 1. The van der Waals surface area contributed by atoms with Gasteiger partial charge in [-0.15, -0.1) is 12.4 Å². The van der Waals surface area contributed by atoms with Gasteiger partial charge in [0.15, 0.2) is 0 Å². The molecule has 5 heteroatoms. The Labute approximate surface area is 113 Å². The number of halogens is 2. The summed E-state index contributed by atoms with van der Waals surface area (Å²) < 4.78 is 0. The summed E-state index contributed by atoms with van der Waals surface area (Å²) >= 11 is 5.97. The Bertz CT molecular complexity index is 358. The number of amides is 1. The van der Waals surface area contributed by atoms with Gasteiger partial charge in [0, 0.05) is 17.6 Å². The molecule has 0 aliphatic heterocycles. The summed E-state index contributed by atoms with van der Waals surface area (Å²) in [6.45, 7) is 2.63. The lowest BCUT2D eigenvalue weighted by Gasteiger charge is -2.11. The van der Waals surface area contributed by atoms with Crippen molar-refractivity contribution in [1.29, 1.82) is 0 Å². The highest BCUT2D eigenvalue weighted by molar-refractivity contribution is 6.31. The molecule has 0 aromatic heterocycles. The SMILES string of the molecule is CNC(C)CNC(=O)Cc1ccccc1Cl.Cl. The predicted molar refractivity (Wildman–Crippen MR) is 73.9 cm³/mol. The minimum atomic E-state index is -0.00444. The smallest absolute Gasteiger partial charge is 0.224 e. The second-order valence-corrected chi connectivity index (χ2v) is 4.17. The van der Waals surface area contributed by atoms with E-state index in [1.807, 2.05) is 32.2 Å². The van der Waals surface area contributed by atoms with Crippen molar-refractivity contribution in [2.75, 3.05) is 13.6 Å². The molecule has 17 heavy (non-hydrogen) atoms. The molecule has 1 aromatic carbocycles. The van der Waals surface area contributed by atoms with Gasteiger partial charge >= 0.3 is 0 Å². The van der Waals surface area contributed by atoms with E-state index in [1.54, 1.807) is 6.07 Å². The molecule has 1 aromatic rings. The fourth-order valence-corrected chi connectivity index (χ4v) is 1.45. The Hall–Kier alpha value is -0.770. The molecular weight excluding hydrogens is 259 g/mol. The summed E-state index contributed by atoms with van der Waals surface area (Å²) in [5, 5.41) is 6.54. The second kappa shape index (κ2) is 8.34. The van der Waals surface area contributed by atoms with E-state index >= 15 is 0 Å². The summed E-state index contributed by atoms with van der Waals surface area (Å²) in [4.78, 5) is 11.6. The Morgan fingerprint density at radius 3 is 2.65 bits per heavy atom. The molecule has 0 saturated heterocycles. The van der Waals surface area contributed by atoms with Crippen LogP contribution in [0.25, 0.3) is 0 Å². The van der Waals surface area contributed by atoms with Crippen LogP contribution in [0, 0.1) is 0 Å². The monoisotopic (exact) mass is 276 g/mol. The van der Waals surface area contributed by atoms with Crippen molar-refractivity contribution in [3.05, 3.63) is 34.9 Å². The highest BCUT2D eigenvalue weighted by Crippen LogP contribution is 2.14. The Kier molecular flexibility index (Phi) is 7.96. The van der Waals surface area contributed by atoms with Gasteiger partial charge in [-0.2, -0.15) is 0 Å². The average molecular weight is 277 g/mol. The number of nitrogens with one attached hydrogen (secondary N) is 2. The summed E-state index contributed by atoms with van der Waals surface area (Å²) in [6, 6.07) is 7.66. The molecule has 0 saturated carbocycles. The van der Waals surface area contributed by atoms with E-state index in [0.717, 1.165) is 5.56 Å². The minimum absolute atomic E-state index is 0. The van der Waals surface area contributed by atoms with E-state index in [2.05, 4.69) is 10.6 Å². The van der Waals surface area contributed by atoms with Crippen LogP contribution < -0.4 is 10.6 Å². The van der Waals surface area contributed by atoms with E-state index in [-0.39, 0.29) is 24.4 Å². The van der Waals surface area contributed by atoms with E-state index in [1.165, 1.54) is 0 Å². The van der Waals surface area contributed by atoms with Crippen molar-refractivity contribution >= 4 is 29.9 Å². The number of rotatable bonds is 5. The fraction of sp³-hybridized carbons (Fsp3) is 0.417. The minimum Gasteiger partial charge on any atom is -0.354 e. The van der Waals surface area contributed by atoms with Crippen LogP contribution in [0.15, 0.2) is 24.3 Å². The van der Waals surface area contributed by atoms with Gasteiger partial charge < -0.3 is 10.6 Å². The molecular formula is C12H18Cl2N2O. The van der Waals surface area contributed by atoms with Crippen molar-refractivity contribution in [3.8, 4) is 0 Å². The second-order valence-electron chi connectivity index (χ2n) is 3.76. The molecule has 0 heterocycles. The van der Waals surface area contributed by atoms with Gasteiger partial charge in [-0.3, -0.25) is 4.79 Å². The zero-order valence-electron chi connectivity index (χ0n) is 10.00. The molecule has 96 valence electrons. The topological polar surface area (TPSA) is 41.1 Å². The molecule has 0 aliphatic rings. The van der Waals surface area contributed by atoms with Crippen molar-refractivity contribution in [2.45, 2.75) is 19.4 Å². The summed E-state index contributed by atoms with van der Waals surface area (Å²) in [5.74, 6) is -0.00444. The standard InChI is InChI=1S/C12H17ClN2O.ClH/c1-9(14-2)8-15-12(16)7-10-5-3-4-6-11(10)13;/h3-6,9,14H,7-8H2,1-2H3,(H,15,16);1H. The summed E-state index contributed by atoms with van der Waals surface area (Å²) in [7, 11) is 1.87. The molecule has 1 unspecified atom stereocenters. The van der Waals surface area contributed by atoms with E-state index in [0.29, 0.717) is 18.0 Å². The van der Waals surface area contributed by atoms with Gasteiger partial charge in [0.05, 0.1) is 6.42 Å². The number of hydrogen-bond acceptors (Lipinski definition) is 2. The maximum atomic E-state index is 11.6. The first kappa shape index (κ1) is 16.2. The third kappa shape index (κ3) is 5.91. The van der Waals surface area contributed by atoms with Crippen molar-refractivity contribution < 1.29 is 4.79 Å². The molecule has 1 rings (SSSR count). The van der Waals surface area contributed by atoms with Crippen LogP contribution >= 0.6 is 24.0 Å². The number of benzene rings is 1. The lowest BCUT2D eigenvalue weighted by atomic mass is 10.1. The molecule has 3 nitrogen and oxygen atoms in total. The molecule has 0 fully saturated rings. The summed E-state index contributed by atoms with van der Waals surface area (Å²) in [6.07, 6.45) is 0.329. The highest BCUT2D eigenvalue weighted by Gasteiger charge is 2.07. The number of carbonyl (C=O) groups excluding carboxylic acids is 1. The van der Waals surface area contributed by atoms with Gasteiger partial charge in [0.2, 0.25) is 5.91 Å². The van der Waals surface area contributed by atoms with E-state index < -0.39 is 0 Å². The van der Waals surface area contributed by atoms with E-state index in [4.69, 9.17) is 11.6 Å². The van der Waals surface area contributed by atoms with Crippen LogP contribution in [0.3, 0.4) is 0 Å². The largest absolute Gasteiger partial charge is 0.354 e. The Morgan fingerprint density at radius 1 is 1.41 bits per heavy atom. The quantitative estimate of drug-likeness (QED) is 0.864. The van der Waals surface area contributed by atoms with Gasteiger partial charge in [-0.25, -0.2) is 0 Å². The lowest BCUT2D eigenvalue weighted by molar-refractivity contribution is -0.120. The van der Waals surface area contributed by atoms with E-state index in [9.17, 15) is 4.79 Å². The molecule has 0 bridgehead atoms. The van der Waals surface area contributed by atoms with Crippen LogP contribution in [-0.2, 0) is 11.2 Å². The fourth-order valence-electron chi connectivity index (χ4n) is 1.25. The van der Waals surface area contributed by atoms with Crippen molar-refractivity contribution in [1.82, 2.24) is 10.6 Å². The molecule has 1 amide bonds. The lowest BCUT2D eigenvalue weighted by Crippen LogP contribution is -2.37. The Balaban J connectivity index is 0.00000256. The molecule has 1 atom stereocenters. The summed E-state index contributed by atoms with van der Waals surface area (Å²) in [5.41, 5.74) is 0.860. The normalized spacial score (nSPS) is 11.5. The van der Waals surface area contributed by atoms with Gasteiger partial charge in [-0.1, -0.05) is 29.8 Å².